The molecule has 0 fully saturated rings. The highest BCUT2D eigenvalue weighted by molar-refractivity contribution is 5.96. The number of carbonyl (C=O) groups is 7. The minimum atomic E-state index is -1.54. The Bertz CT molecular complexity index is 1260. The minimum absolute atomic E-state index is 0.0850. The van der Waals surface area contributed by atoms with Crippen LogP contribution >= 0.6 is 0 Å². The Morgan fingerprint density at radius 3 is 1.84 bits per heavy atom. The molecule has 0 spiro atoms. The maximum absolute atomic E-state index is 13.3. The van der Waals surface area contributed by atoms with E-state index < -0.39 is 91.3 Å². The Hall–Kier alpha value is -4.58. The second kappa shape index (κ2) is 21.4. The monoisotopic (exact) mass is 695 g/mol. The lowest BCUT2D eigenvalue weighted by Crippen LogP contribution is -2.59. The van der Waals surface area contributed by atoms with E-state index >= 15 is 0 Å². The van der Waals surface area contributed by atoms with E-state index in [1.807, 2.05) is 13.8 Å². The van der Waals surface area contributed by atoms with Gasteiger partial charge in [0.25, 0.3) is 0 Å². The van der Waals surface area contributed by atoms with Crippen LogP contribution in [0.1, 0.15) is 66.5 Å². The highest BCUT2D eigenvalue weighted by atomic mass is 16.4. The van der Waals surface area contributed by atoms with Gasteiger partial charge in [-0.2, -0.15) is 0 Å². The molecule has 276 valence electrons. The molecule has 6 atom stereocenters. The maximum atomic E-state index is 13.3. The third-order valence-electron chi connectivity index (χ3n) is 7.49. The Balaban J connectivity index is 2.94. The van der Waals surface area contributed by atoms with Gasteiger partial charge in [0.15, 0.2) is 0 Å². The number of hydrogen-bond acceptors (Lipinski definition) is 10. The molecule has 18 nitrogen and oxygen atoms in total. The summed E-state index contributed by atoms with van der Waals surface area (Å²) >= 11 is 0. The van der Waals surface area contributed by atoms with E-state index in [0.717, 1.165) is 0 Å². The fourth-order valence-corrected chi connectivity index (χ4v) is 4.62. The van der Waals surface area contributed by atoms with Crippen LogP contribution in [0.5, 0.6) is 0 Å². The van der Waals surface area contributed by atoms with Gasteiger partial charge in [-0.3, -0.25) is 28.8 Å². The first kappa shape index (κ1) is 42.4. The number of nitrogens with two attached hydrogens (primary N) is 1. The third-order valence-corrected chi connectivity index (χ3v) is 7.49. The largest absolute Gasteiger partial charge is 0.480 e. The maximum Gasteiger partial charge on any atom is 0.326 e. The highest BCUT2D eigenvalue weighted by Gasteiger charge is 2.31. The van der Waals surface area contributed by atoms with Crippen LogP contribution in [0.4, 0.5) is 0 Å². The molecule has 0 saturated carbocycles. The summed E-state index contributed by atoms with van der Waals surface area (Å²) in [5.74, 6) is -6.02. The van der Waals surface area contributed by atoms with Gasteiger partial charge in [-0.1, -0.05) is 48.0 Å². The molecule has 0 bridgehead atoms. The summed E-state index contributed by atoms with van der Waals surface area (Å²) in [5.41, 5.74) is 6.31. The summed E-state index contributed by atoms with van der Waals surface area (Å²) in [4.78, 5) is 95.1. The van der Waals surface area contributed by atoms with Crippen molar-refractivity contribution in [1.82, 2.24) is 41.9 Å². The van der Waals surface area contributed by atoms with Gasteiger partial charge in [0.05, 0.1) is 32.1 Å². The molecule has 6 unspecified atom stereocenters. The normalized spacial score (nSPS) is 14.8. The predicted molar refractivity (Wildman–Crippen MR) is 177 cm³/mol. The molecular formula is C31H53N9O9. The van der Waals surface area contributed by atoms with Crippen molar-refractivity contribution < 1.29 is 43.8 Å². The van der Waals surface area contributed by atoms with E-state index in [-0.39, 0.29) is 30.6 Å². The summed E-state index contributed by atoms with van der Waals surface area (Å²) in [6, 6.07) is -5.96. The number of nitrogens with zero attached hydrogens (tertiary/aromatic N) is 1. The Morgan fingerprint density at radius 2 is 1.33 bits per heavy atom. The van der Waals surface area contributed by atoms with Crippen molar-refractivity contribution >= 4 is 41.4 Å². The lowest BCUT2D eigenvalue weighted by atomic mass is 9.99. The molecule has 11 N–H and O–H groups in total. The number of aromatic amines is 1. The van der Waals surface area contributed by atoms with E-state index in [0.29, 0.717) is 18.5 Å². The zero-order valence-corrected chi connectivity index (χ0v) is 29.0. The Kier molecular flexibility index (Phi) is 18.5. The summed E-state index contributed by atoms with van der Waals surface area (Å²) in [7, 11) is 0. The lowest BCUT2D eigenvalue weighted by Gasteiger charge is -2.25. The van der Waals surface area contributed by atoms with Gasteiger partial charge >= 0.3 is 5.97 Å². The van der Waals surface area contributed by atoms with Gasteiger partial charge in [-0.05, 0) is 30.6 Å². The van der Waals surface area contributed by atoms with Crippen LogP contribution in [-0.4, -0.2) is 111 Å². The van der Waals surface area contributed by atoms with Gasteiger partial charge in [-0.15, -0.1) is 0 Å². The molecule has 0 radical (unpaired) electrons. The molecule has 1 aromatic rings. The van der Waals surface area contributed by atoms with Gasteiger partial charge in [-0.25, -0.2) is 9.78 Å². The van der Waals surface area contributed by atoms with Gasteiger partial charge < -0.3 is 52.8 Å². The quantitative estimate of drug-likeness (QED) is 0.0614. The van der Waals surface area contributed by atoms with E-state index in [2.05, 4.69) is 41.9 Å². The summed E-state index contributed by atoms with van der Waals surface area (Å²) in [6.07, 6.45) is 3.74. The molecule has 49 heavy (non-hydrogen) atoms. The number of nitrogens with one attached hydrogen (secondary N) is 7. The number of aliphatic hydroxyl groups excluding tert-OH is 1. The molecule has 6 amide bonds. The number of carbonyl (C=O) groups excluding carboxylic acids is 6. The fourth-order valence-electron chi connectivity index (χ4n) is 4.62. The molecule has 0 aromatic carbocycles. The van der Waals surface area contributed by atoms with Gasteiger partial charge in [0.2, 0.25) is 35.4 Å². The minimum Gasteiger partial charge on any atom is -0.480 e. The van der Waals surface area contributed by atoms with Crippen molar-refractivity contribution in [1.29, 1.82) is 0 Å². The molecule has 1 aromatic heterocycles. The second-order valence-corrected chi connectivity index (χ2v) is 12.8. The smallest absolute Gasteiger partial charge is 0.326 e. The van der Waals surface area contributed by atoms with Gasteiger partial charge in [0, 0.05) is 18.3 Å². The molecule has 0 aliphatic rings. The summed E-state index contributed by atoms with van der Waals surface area (Å²) < 4.78 is 0. The van der Waals surface area contributed by atoms with Crippen molar-refractivity contribution in [2.75, 3.05) is 19.7 Å². The zero-order chi connectivity index (χ0) is 37.3. The van der Waals surface area contributed by atoms with Crippen molar-refractivity contribution in [2.24, 2.45) is 23.5 Å². The molecule has 0 saturated heterocycles. The Morgan fingerprint density at radius 1 is 0.776 bits per heavy atom. The van der Waals surface area contributed by atoms with Crippen LogP contribution in [0.15, 0.2) is 12.5 Å². The fraction of sp³-hybridized carbons (Fsp3) is 0.677. The predicted octanol–water partition coefficient (Wildman–Crippen LogP) is -2.33. The average molecular weight is 696 g/mol. The molecule has 1 rings (SSSR count). The summed E-state index contributed by atoms with van der Waals surface area (Å²) in [6.45, 7) is 8.93. The van der Waals surface area contributed by atoms with Crippen LogP contribution < -0.4 is 37.6 Å². The van der Waals surface area contributed by atoms with Crippen LogP contribution in [0.3, 0.4) is 0 Å². The SMILES string of the molecule is CCC(C)C(NC(=O)CNC(=O)C(CC(C)C)NC(=O)C(CO)NC(=O)C(Cc1cnc[nH]1)NC(=O)CNC(=O)C(N)CC(C)C)C(=O)O. The second-order valence-electron chi connectivity index (χ2n) is 12.8. The number of carboxylic acid groups (broad SMARTS) is 1. The third kappa shape index (κ3) is 15.9. The molecule has 0 aliphatic carbocycles. The van der Waals surface area contributed by atoms with E-state index in [9.17, 15) is 43.8 Å². The number of hydrogen-bond donors (Lipinski definition) is 10. The average Bonchev–Trinajstić information content (AvgIpc) is 3.55. The highest BCUT2D eigenvalue weighted by Crippen LogP contribution is 2.09. The van der Waals surface area contributed by atoms with E-state index in [1.54, 1.807) is 27.7 Å². The standard InChI is InChI=1S/C31H53N9O9/c1-7-18(6)26(31(48)49)40-25(43)13-35-28(45)21(9-17(4)5)38-30(47)23(14-41)39-29(46)22(10-19-11-33-15-36-19)37-24(42)12-34-27(44)20(32)8-16(2)3/h11,15-18,20-23,26,41H,7-10,12-14,32H2,1-6H3,(H,33,36)(H,34,44)(H,35,45)(H,37,42)(H,38,47)(H,39,46)(H,40,43)(H,48,49). The topological polar surface area (TPSA) is 287 Å². The first-order valence-corrected chi connectivity index (χ1v) is 16.3. The number of H-pyrrole nitrogens is 1. The van der Waals surface area contributed by atoms with Crippen molar-refractivity contribution in [3.05, 3.63) is 18.2 Å². The van der Waals surface area contributed by atoms with Crippen LogP contribution in [0, 0.1) is 17.8 Å². The lowest BCUT2D eigenvalue weighted by molar-refractivity contribution is -0.143. The van der Waals surface area contributed by atoms with Crippen LogP contribution in [0.25, 0.3) is 0 Å². The van der Waals surface area contributed by atoms with E-state index in [1.165, 1.54) is 12.5 Å². The van der Waals surface area contributed by atoms with Crippen LogP contribution in [0.2, 0.25) is 0 Å². The number of aromatic nitrogens is 2. The molecule has 1 heterocycles. The number of rotatable bonds is 22. The number of amides is 6. The first-order valence-electron chi connectivity index (χ1n) is 16.3. The Labute approximate surface area is 285 Å². The zero-order valence-electron chi connectivity index (χ0n) is 29.0. The molecule has 18 heteroatoms. The van der Waals surface area contributed by atoms with Gasteiger partial charge in [0.1, 0.15) is 24.2 Å². The number of aliphatic hydroxyl groups is 1. The van der Waals surface area contributed by atoms with Crippen LogP contribution in [-0.2, 0) is 40.0 Å². The number of aliphatic carboxylic acids is 1. The summed E-state index contributed by atoms with van der Waals surface area (Å²) in [5, 5.41) is 33.9. The number of imidazole rings is 1. The van der Waals surface area contributed by atoms with Crippen molar-refractivity contribution in [3.63, 3.8) is 0 Å². The number of carboxylic acids is 1. The molecule has 0 aliphatic heterocycles. The van der Waals surface area contributed by atoms with E-state index in [4.69, 9.17) is 5.73 Å². The van der Waals surface area contributed by atoms with Crippen molar-refractivity contribution in [3.8, 4) is 0 Å². The first-order chi connectivity index (χ1) is 23.0. The van der Waals surface area contributed by atoms with Crippen molar-refractivity contribution in [2.45, 2.75) is 97.4 Å². The molecular weight excluding hydrogens is 642 g/mol.